The third kappa shape index (κ3) is 2.71. The molecule has 2 aromatic heterocycles. The second-order valence-corrected chi connectivity index (χ2v) is 6.07. The molecule has 0 aliphatic heterocycles. The van der Waals surface area contributed by atoms with E-state index in [1.54, 1.807) is 12.1 Å². The molecule has 3 aromatic rings. The zero-order chi connectivity index (χ0) is 16.5. The monoisotopic (exact) mass is 322 g/mol. The van der Waals surface area contributed by atoms with Crippen molar-refractivity contribution in [1.29, 1.82) is 0 Å². The van der Waals surface area contributed by atoms with Crippen molar-refractivity contribution >= 4 is 16.8 Å². The van der Waals surface area contributed by atoms with Gasteiger partial charge in [-0.1, -0.05) is 6.07 Å². The van der Waals surface area contributed by atoms with Gasteiger partial charge in [0, 0.05) is 29.9 Å². The highest BCUT2D eigenvalue weighted by Gasteiger charge is 2.14. The van der Waals surface area contributed by atoms with Gasteiger partial charge in [-0.25, -0.2) is 4.68 Å². The first kappa shape index (κ1) is 14.7. The summed E-state index contributed by atoms with van der Waals surface area (Å²) in [6, 6.07) is 9.17. The second-order valence-electron chi connectivity index (χ2n) is 6.07. The molecule has 1 aromatic carbocycles. The summed E-state index contributed by atoms with van der Waals surface area (Å²) in [6.07, 6.45) is 4.77. The quantitative estimate of drug-likeness (QED) is 0.766. The topological polar surface area (TPSA) is 79.8 Å². The van der Waals surface area contributed by atoms with Crippen molar-refractivity contribution in [3.8, 4) is 0 Å². The highest BCUT2D eigenvalue weighted by Crippen LogP contribution is 2.17. The third-order valence-corrected chi connectivity index (χ3v) is 4.45. The number of carbonyl (C=O) groups is 1. The van der Waals surface area contributed by atoms with Crippen molar-refractivity contribution in [3.05, 3.63) is 63.7 Å². The van der Waals surface area contributed by atoms with Gasteiger partial charge in [-0.2, -0.15) is 5.10 Å². The first-order valence-corrected chi connectivity index (χ1v) is 8.16. The van der Waals surface area contributed by atoms with E-state index in [0.29, 0.717) is 18.7 Å². The number of H-pyrrole nitrogens is 1. The van der Waals surface area contributed by atoms with Crippen LogP contribution in [0.5, 0.6) is 0 Å². The molecule has 4 rings (SSSR count). The van der Waals surface area contributed by atoms with Gasteiger partial charge < -0.3 is 10.3 Å². The van der Waals surface area contributed by atoms with Crippen LogP contribution in [0.2, 0.25) is 0 Å². The molecule has 1 amide bonds. The summed E-state index contributed by atoms with van der Waals surface area (Å²) >= 11 is 0. The van der Waals surface area contributed by atoms with Gasteiger partial charge in [0.25, 0.3) is 11.5 Å². The lowest BCUT2D eigenvalue weighted by molar-refractivity contribution is 0.0952. The van der Waals surface area contributed by atoms with Crippen molar-refractivity contribution < 1.29 is 4.79 Å². The van der Waals surface area contributed by atoms with Crippen molar-refractivity contribution in [1.82, 2.24) is 20.1 Å². The fraction of sp³-hybridized carbons (Fsp3) is 0.278. The molecule has 0 saturated heterocycles. The number of aromatic nitrogens is 3. The van der Waals surface area contributed by atoms with Crippen LogP contribution in [-0.2, 0) is 19.4 Å². The largest absolute Gasteiger partial charge is 0.361 e. The van der Waals surface area contributed by atoms with Gasteiger partial charge in [0.15, 0.2) is 0 Å². The molecule has 24 heavy (non-hydrogen) atoms. The first-order chi connectivity index (χ1) is 11.7. The van der Waals surface area contributed by atoms with E-state index in [2.05, 4.69) is 15.4 Å². The summed E-state index contributed by atoms with van der Waals surface area (Å²) in [7, 11) is 0. The Kier molecular flexibility index (Phi) is 3.65. The van der Waals surface area contributed by atoms with E-state index in [-0.39, 0.29) is 11.5 Å². The maximum absolute atomic E-state index is 12.2. The van der Waals surface area contributed by atoms with Gasteiger partial charge in [-0.05, 0) is 48.4 Å². The number of benzene rings is 1. The lowest BCUT2D eigenvalue weighted by Crippen LogP contribution is -2.32. The van der Waals surface area contributed by atoms with E-state index < -0.39 is 0 Å². The van der Waals surface area contributed by atoms with Gasteiger partial charge in [-0.3, -0.25) is 9.59 Å². The van der Waals surface area contributed by atoms with Crippen LogP contribution in [0.15, 0.2) is 41.3 Å². The minimum absolute atomic E-state index is 0.0993. The Balaban J connectivity index is 1.42. The fourth-order valence-electron chi connectivity index (χ4n) is 3.17. The molecule has 6 heteroatoms. The standard InChI is InChI=1S/C18H18N4O2/c23-17-11-13-2-1-3-15(13)21-22(17)9-8-20-18(24)14-5-4-12-6-7-19-16(12)10-14/h4-7,10-11,19H,1-3,8-9H2,(H,20,24). The average Bonchev–Trinajstić information content (AvgIpc) is 3.22. The van der Waals surface area contributed by atoms with Crippen molar-refractivity contribution in [2.45, 2.75) is 25.8 Å². The number of carbonyl (C=O) groups excluding carboxylic acids is 1. The van der Waals surface area contributed by atoms with Crippen molar-refractivity contribution in [2.24, 2.45) is 0 Å². The minimum atomic E-state index is -0.152. The van der Waals surface area contributed by atoms with Crippen LogP contribution in [0.25, 0.3) is 10.9 Å². The number of nitrogens with zero attached hydrogens (tertiary/aromatic N) is 2. The zero-order valence-electron chi connectivity index (χ0n) is 13.2. The molecule has 2 heterocycles. The predicted octanol–water partition coefficient (Wildman–Crippen LogP) is 1.64. The third-order valence-electron chi connectivity index (χ3n) is 4.45. The maximum Gasteiger partial charge on any atom is 0.267 e. The first-order valence-electron chi connectivity index (χ1n) is 8.16. The molecule has 0 unspecified atom stereocenters. The average molecular weight is 322 g/mol. The maximum atomic E-state index is 12.2. The number of nitrogens with one attached hydrogen (secondary N) is 2. The summed E-state index contributed by atoms with van der Waals surface area (Å²) in [6.45, 7) is 0.746. The van der Waals surface area contributed by atoms with Crippen molar-refractivity contribution in [3.63, 3.8) is 0 Å². The molecule has 0 radical (unpaired) electrons. The molecule has 0 atom stereocenters. The Labute approximate surface area is 138 Å². The number of fused-ring (bicyclic) bond motifs is 2. The summed E-state index contributed by atoms with van der Waals surface area (Å²) in [4.78, 5) is 27.4. The molecule has 6 nitrogen and oxygen atoms in total. The predicted molar refractivity (Wildman–Crippen MR) is 91.2 cm³/mol. The molecule has 0 saturated carbocycles. The SMILES string of the molecule is O=C(NCCn1nc2c(cc1=O)CCC2)c1ccc2cc[nH]c2c1. The van der Waals surface area contributed by atoms with Gasteiger partial charge in [0.1, 0.15) is 0 Å². The Morgan fingerprint density at radius 2 is 2.17 bits per heavy atom. The van der Waals surface area contributed by atoms with E-state index in [0.717, 1.165) is 41.4 Å². The normalized spacial score (nSPS) is 13.2. The van der Waals surface area contributed by atoms with Crippen molar-refractivity contribution in [2.75, 3.05) is 6.54 Å². The molecular weight excluding hydrogens is 304 g/mol. The van der Waals surface area contributed by atoms with E-state index in [9.17, 15) is 9.59 Å². The lowest BCUT2D eigenvalue weighted by atomic mass is 10.1. The minimum Gasteiger partial charge on any atom is -0.361 e. The summed E-state index contributed by atoms with van der Waals surface area (Å²) in [5.41, 5.74) is 3.51. The summed E-state index contributed by atoms with van der Waals surface area (Å²) < 4.78 is 1.44. The van der Waals surface area contributed by atoms with Crippen LogP contribution >= 0.6 is 0 Å². The molecule has 1 aliphatic carbocycles. The van der Waals surface area contributed by atoms with Crippen LogP contribution in [0.3, 0.4) is 0 Å². The van der Waals surface area contributed by atoms with Crippen LogP contribution in [-0.4, -0.2) is 27.2 Å². The fourth-order valence-corrected chi connectivity index (χ4v) is 3.17. The van der Waals surface area contributed by atoms with Crippen LogP contribution < -0.4 is 10.9 Å². The van der Waals surface area contributed by atoms with E-state index >= 15 is 0 Å². The number of hydrogen-bond donors (Lipinski definition) is 2. The van der Waals surface area contributed by atoms with E-state index in [1.807, 2.05) is 24.4 Å². The van der Waals surface area contributed by atoms with Crippen LogP contribution in [0.4, 0.5) is 0 Å². The summed E-state index contributed by atoms with van der Waals surface area (Å²) in [5.74, 6) is -0.152. The number of aryl methyl sites for hydroxylation is 2. The van der Waals surface area contributed by atoms with Gasteiger partial charge in [-0.15, -0.1) is 0 Å². The molecule has 0 fully saturated rings. The van der Waals surface area contributed by atoms with Crippen LogP contribution in [0.1, 0.15) is 28.0 Å². The molecule has 2 N–H and O–H groups in total. The number of aromatic amines is 1. The lowest BCUT2D eigenvalue weighted by Gasteiger charge is -2.08. The Morgan fingerprint density at radius 3 is 3.08 bits per heavy atom. The highest BCUT2D eigenvalue weighted by molar-refractivity contribution is 5.97. The Bertz CT molecular complexity index is 971. The Hall–Kier alpha value is -2.89. The molecule has 0 bridgehead atoms. The smallest absolute Gasteiger partial charge is 0.267 e. The summed E-state index contributed by atoms with van der Waals surface area (Å²) in [5, 5.41) is 8.32. The number of rotatable bonds is 4. The number of amides is 1. The van der Waals surface area contributed by atoms with Gasteiger partial charge in [0.2, 0.25) is 0 Å². The Morgan fingerprint density at radius 1 is 1.25 bits per heavy atom. The molecular formula is C18H18N4O2. The molecule has 1 aliphatic rings. The highest BCUT2D eigenvalue weighted by atomic mass is 16.1. The molecule has 122 valence electrons. The second kappa shape index (κ2) is 5.96. The van der Waals surface area contributed by atoms with Crippen LogP contribution in [0, 0.1) is 0 Å². The van der Waals surface area contributed by atoms with E-state index in [1.165, 1.54) is 4.68 Å². The number of hydrogen-bond acceptors (Lipinski definition) is 3. The van der Waals surface area contributed by atoms with E-state index in [4.69, 9.17) is 0 Å². The van der Waals surface area contributed by atoms with Gasteiger partial charge >= 0.3 is 0 Å². The zero-order valence-corrected chi connectivity index (χ0v) is 13.2. The van der Waals surface area contributed by atoms with Gasteiger partial charge in [0.05, 0.1) is 12.2 Å². The molecule has 0 spiro atoms.